The monoisotopic (exact) mass is 405 g/mol. The zero-order chi connectivity index (χ0) is 21.1. The standard InChI is InChI=1S/C25H27NO4/c1-29-20-9-10-21-19(16-20)12-13-26(25(28)18-6-4-3-5-7-18)22(21)14-17-8-11-24(30-2)23(27)15-17/h4,6-11,15-16,22,27H,3,5,12-14H2,1-2H3. The lowest BCUT2D eigenvalue weighted by Crippen LogP contribution is -2.41. The maximum atomic E-state index is 13.4. The molecule has 4 rings (SSSR count). The number of amides is 1. The van der Waals surface area contributed by atoms with Crippen LogP contribution in [0, 0.1) is 0 Å². The fourth-order valence-corrected chi connectivity index (χ4v) is 4.30. The van der Waals surface area contributed by atoms with Gasteiger partial charge in [-0.05, 0) is 66.6 Å². The minimum absolute atomic E-state index is 0.0650. The number of phenolic OH excluding ortho intramolecular Hbond substituents is 1. The van der Waals surface area contributed by atoms with Crippen molar-refractivity contribution >= 4 is 5.91 Å². The van der Waals surface area contributed by atoms with Gasteiger partial charge in [0.05, 0.1) is 20.3 Å². The second-order valence-electron chi connectivity index (χ2n) is 7.68. The quantitative estimate of drug-likeness (QED) is 0.803. The van der Waals surface area contributed by atoms with Gasteiger partial charge in [0.25, 0.3) is 5.91 Å². The lowest BCUT2D eigenvalue weighted by molar-refractivity contribution is -0.129. The van der Waals surface area contributed by atoms with Crippen molar-refractivity contribution in [1.82, 2.24) is 4.90 Å². The van der Waals surface area contributed by atoms with Gasteiger partial charge < -0.3 is 19.5 Å². The van der Waals surface area contributed by atoms with Gasteiger partial charge in [-0.1, -0.05) is 30.4 Å². The van der Waals surface area contributed by atoms with Crippen LogP contribution in [0.1, 0.15) is 35.6 Å². The smallest absolute Gasteiger partial charge is 0.254 e. The Labute approximate surface area is 177 Å². The number of carbonyl (C=O) groups excluding carboxylic acids is 1. The second kappa shape index (κ2) is 8.66. The Hall–Kier alpha value is -3.21. The average Bonchev–Trinajstić information content (AvgIpc) is 2.79. The molecule has 2 aromatic rings. The molecule has 2 aromatic carbocycles. The van der Waals surface area contributed by atoms with Crippen molar-refractivity contribution in [2.75, 3.05) is 20.8 Å². The zero-order valence-electron chi connectivity index (χ0n) is 17.4. The zero-order valence-corrected chi connectivity index (χ0v) is 17.4. The van der Waals surface area contributed by atoms with Crippen LogP contribution in [-0.2, 0) is 17.6 Å². The van der Waals surface area contributed by atoms with E-state index < -0.39 is 0 Å². The lowest BCUT2D eigenvalue weighted by Gasteiger charge is -2.38. The van der Waals surface area contributed by atoms with Crippen molar-refractivity contribution in [3.05, 3.63) is 76.9 Å². The number of allylic oxidation sites excluding steroid dienone is 2. The van der Waals surface area contributed by atoms with E-state index in [1.165, 1.54) is 12.7 Å². The van der Waals surface area contributed by atoms with Gasteiger partial charge in [0.2, 0.25) is 0 Å². The molecule has 0 radical (unpaired) electrons. The highest BCUT2D eigenvalue weighted by Gasteiger charge is 2.32. The van der Waals surface area contributed by atoms with Gasteiger partial charge in [0, 0.05) is 12.1 Å². The molecule has 1 aliphatic carbocycles. The first kappa shape index (κ1) is 20.1. The molecule has 0 fully saturated rings. The van der Waals surface area contributed by atoms with Crippen LogP contribution in [0.5, 0.6) is 17.2 Å². The maximum absolute atomic E-state index is 13.4. The van der Waals surface area contributed by atoms with Crippen molar-refractivity contribution in [2.24, 2.45) is 0 Å². The van der Waals surface area contributed by atoms with E-state index >= 15 is 0 Å². The summed E-state index contributed by atoms with van der Waals surface area (Å²) in [5.41, 5.74) is 4.05. The van der Waals surface area contributed by atoms with Gasteiger partial charge in [-0.3, -0.25) is 4.79 Å². The van der Waals surface area contributed by atoms with Crippen LogP contribution in [0.15, 0.2) is 60.2 Å². The molecule has 5 nitrogen and oxygen atoms in total. The van der Waals surface area contributed by atoms with Crippen molar-refractivity contribution in [3.8, 4) is 17.2 Å². The fourth-order valence-electron chi connectivity index (χ4n) is 4.30. The minimum Gasteiger partial charge on any atom is -0.504 e. The molecule has 30 heavy (non-hydrogen) atoms. The summed E-state index contributed by atoms with van der Waals surface area (Å²) >= 11 is 0. The second-order valence-corrected chi connectivity index (χ2v) is 7.68. The number of phenols is 1. The van der Waals surface area contributed by atoms with E-state index in [0.29, 0.717) is 18.7 Å². The van der Waals surface area contributed by atoms with Crippen molar-refractivity contribution < 1.29 is 19.4 Å². The maximum Gasteiger partial charge on any atom is 0.254 e. The number of aromatic hydroxyl groups is 1. The molecule has 0 aromatic heterocycles. The highest BCUT2D eigenvalue weighted by atomic mass is 16.5. The number of hydrogen-bond donors (Lipinski definition) is 1. The summed E-state index contributed by atoms with van der Waals surface area (Å²) in [5, 5.41) is 10.2. The molecule has 156 valence electrons. The fraction of sp³-hybridized carbons (Fsp3) is 0.320. The summed E-state index contributed by atoms with van der Waals surface area (Å²) in [4.78, 5) is 15.3. The number of benzene rings is 2. The predicted octanol–water partition coefficient (Wildman–Crippen LogP) is 4.35. The van der Waals surface area contributed by atoms with Gasteiger partial charge in [0.1, 0.15) is 5.75 Å². The Balaban J connectivity index is 1.70. The predicted molar refractivity (Wildman–Crippen MR) is 116 cm³/mol. The molecule has 5 heteroatoms. The van der Waals surface area contributed by atoms with E-state index in [9.17, 15) is 9.90 Å². The third-order valence-corrected chi connectivity index (χ3v) is 5.88. The Morgan fingerprint density at radius 2 is 2.00 bits per heavy atom. The molecular formula is C25H27NO4. The molecule has 2 aliphatic rings. The Morgan fingerprint density at radius 3 is 2.70 bits per heavy atom. The summed E-state index contributed by atoms with van der Waals surface area (Å²) in [6.07, 6.45) is 9.31. The largest absolute Gasteiger partial charge is 0.504 e. The van der Waals surface area contributed by atoms with Gasteiger partial charge >= 0.3 is 0 Å². The molecule has 1 aliphatic heterocycles. The van der Waals surface area contributed by atoms with Crippen LogP contribution in [-0.4, -0.2) is 36.7 Å². The molecule has 1 heterocycles. The number of carbonyl (C=O) groups is 1. The summed E-state index contributed by atoms with van der Waals surface area (Å²) in [6.45, 7) is 0.650. The minimum atomic E-state index is -0.115. The van der Waals surface area contributed by atoms with E-state index in [1.807, 2.05) is 29.2 Å². The normalized spacial score (nSPS) is 17.9. The van der Waals surface area contributed by atoms with Crippen LogP contribution in [0.3, 0.4) is 0 Å². The van der Waals surface area contributed by atoms with Gasteiger partial charge in [-0.15, -0.1) is 0 Å². The molecule has 1 atom stereocenters. The molecule has 1 N–H and O–H groups in total. The molecule has 1 amide bonds. The molecule has 1 unspecified atom stereocenters. The number of methoxy groups -OCH3 is 2. The molecule has 0 saturated carbocycles. The van der Waals surface area contributed by atoms with Crippen LogP contribution >= 0.6 is 0 Å². The first-order valence-electron chi connectivity index (χ1n) is 10.3. The van der Waals surface area contributed by atoms with E-state index in [1.54, 1.807) is 19.2 Å². The Kier molecular flexibility index (Phi) is 5.79. The number of hydrogen-bond acceptors (Lipinski definition) is 4. The highest BCUT2D eigenvalue weighted by molar-refractivity contribution is 5.96. The van der Waals surface area contributed by atoms with E-state index in [2.05, 4.69) is 18.2 Å². The molecular weight excluding hydrogens is 378 g/mol. The number of nitrogens with zero attached hydrogens (tertiary/aromatic N) is 1. The van der Waals surface area contributed by atoms with Crippen molar-refractivity contribution in [3.63, 3.8) is 0 Å². The highest BCUT2D eigenvalue weighted by Crippen LogP contribution is 2.37. The third kappa shape index (κ3) is 3.92. The third-order valence-electron chi connectivity index (χ3n) is 5.88. The molecule has 0 saturated heterocycles. The molecule has 0 spiro atoms. The van der Waals surface area contributed by atoms with Crippen molar-refractivity contribution in [1.29, 1.82) is 0 Å². The van der Waals surface area contributed by atoms with E-state index in [4.69, 9.17) is 9.47 Å². The van der Waals surface area contributed by atoms with Gasteiger partial charge in [-0.25, -0.2) is 0 Å². The van der Waals surface area contributed by atoms with Gasteiger partial charge in [0.15, 0.2) is 11.5 Å². The first-order chi connectivity index (χ1) is 14.6. The van der Waals surface area contributed by atoms with E-state index in [-0.39, 0.29) is 17.7 Å². The van der Waals surface area contributed by atoms with Crippen molar-refractivity contribution in [2.45, 2.75) is 31.7 Å². The summed E-state index contributed by atoms with van der Waals surface area (Å²) in [6, 6.07) is 11.4. The van der Waals surface area contributed by atoms with E-state index in [0.717, 1.165) is 41.7 Å². The van der Waals surface area contributed by atoms with Crippen LogP contribution in [0.4, 0.5) is 0 Å². The van der Waals surface area contributed by atoms with Gasteiger partial charge in [-0.2, -0.15) is 0 Å². The number of rotatable bonds is 5. The topological polar surface area (TPSA) is 59.0 Å². The first-order valence-corrected chi connectivity index (χ1v) is 10.3. The average molecular weight is 405 g/mol. The number of ether oxygens (including phenoxy) is 2. The summed E-state index contributed by atoms with van der Waals surface area (Å²) in [7, 11) is 3.20. The Bertz CT molecular complexity index is 1010. The number of fused-ring (bicyclic) bond motifs is 1. The SMILES string of the molecule is COc1ccc2c(c1)CCN(C(=O)C1=CCCC=C1)C2Cc1ccc(OC)c(O)c1. The van der Waals surface area contributed by atoms with Crippen LogP contribution < -0.4 is 9.47 Å². The van der Waals surface area contributed by atoms with Crippen LogP contribution in [0.2, 0.25) is 0 Å². The van der Waals surface area contributed by atoms with Crippen LogP contribution in [0.25, 0.3) is 0 Å². The summed E-state index contributed by atoms with van der Waals surface area (Å²) < 4.78 is 10.6. The summed E-state index contributed by atoms with van der Waals surface area (Å²) in [5.74, 6) is 1.44. The lowest BCUT2D eigenvalue weighted by atomic mass is 9.87. The Morgan fingerprint density at radius 1 is 1.13 bits per heavy atom. The molecule has 0 bridgehead atoms.